The lowest BCUT2D eigenvalue weighted by molar-refractivity contribution is 0.186. The zero-order valence-corrected chi connectivity index (χ0v) is 10.5. The molecule has 2 nitrogen and oxygen atoms in total. The van der Waals surface area contributed by atoms with Gasteiger partial charge in [-0.25, -0.2) is 8.78 Å². The van der Waals surface area contributed by atoms with Crippen LogP contribution in [0.4, 0.5) is 14.5 Å². The van der Waals surface area contributed by atoms with Gasteiger partial charge in [0.1, 0.15) is 11.6 Å². The maximum Gasteiger partial charge on any atom is 0.146 e. The van der Waals surface area contributed by atoms with E-state index < -0.39 is 11.9 Å². The van der Waals surface area contributed by atoms with Crippen LogP contribution < -0.4 is 5.32 Å². The average molecular weight is 263 g/mol. The predicted molar refractivity (Wildman–Crippen MR) is 71.0 cm³/mol. The molecule has 0 spiro atoms. The first-order valence-corrected chi connectivity index (χ1v) is 6.00. The molecule has 0 aliphatic carbocycles. The van der Waals surface area contributed by atoms with Gasteiger partial charge in [-0.3, -0.25) is 0 Å². The normalized spacial score (nSPS) is 12.2. The van der Waals surface area contributed by atoms with Crippen molar-refractivity contribution in [1.82, 2.24) is 0 Å². The standard InChI is InChI=1S/C15H15F2NO/c1-10-6-7-14(13(17)8-10)18-9-15(19)11-4-2-3-5-12(11)16/h2-8,15,18-19H,9H2,1H3. The Labute approximate surface area is 110 Å². The second-order valence-corrected chi connectivity index (χ2v) is 4.40. The molecule has 0 saturated carbocycles. The van der Waals surface area contributed by atoms with Crippen molar-refractivity contribution in [2.75, 3.05) is 11.9 Å². The van der Waals surface area contributed by atoms with Crippen LogP contribution in [0.15, 0.2) is 42.5 Å². The van der Waals surface area contributed by atoms with Gasteiger partial charge in [0.05, 0.1) is 11.8 Å². The topological polar surface area (TPSA) is 32.3 Å². The summed E-state index contributed by atoms with van der Waals surface area (Å²) in [5.41, 5.74) is 1.31. The highest BCUT2D eigenvalue weighted by Gasteiger charge is 2.12. The highest BCUT2D eigenvalue weighted by Crippen LogP contribution is 2.19. The molecule has 0 radical (unpaired) electrons. The molecule has 2 N–H and O–H groups in total. The second-order valence-electron chi connectivity index (χ2n) is 4.40. The number of aliphatic hydroxyl groups is 1. The Hall–Kier alpha value is -1.94. The molecule has 0 fully saturated rings. The summed E-state index contributed by atoms with van der Waals surface area (Å²) in [6, 6.07) is 10.8. The predicted octanol–water partition coefficient (Wildman–Crippen LogP) is 3.42. The van der Waals surface area contributed by atoms with Gasteiger partial charge in [0.25, 0.3) is 0 Å². The van der Waals surface area contributed by atoms with Gasteiger partial charge in [-0.05, 0) is 30.7 Å². The van der Waals surface area contributed by atoms with E-state index in [1.807, 2.05) is 0 Å². The third kappa shape index (κ3) is 3.29. The Morgan fingerprint density at radius 2 is 1.84 bits per heavy atom. The Morgan fingerprint density at radius 3 is 2.53 bits per heavy atom. The first-order valence-electron chi connectivity index (χ1n) is 6.00. The Balaban J connectivity index is 2.04. The van der Waals surface area contributed by atoms with Crippen LogP contribution in [0.25, 0.3) is 0 Å². The third-order valence-electron chi connectivity index (χ3n) is 2.87. The van der Waals surface area contributed by atoms with E-state index in [1.54, 1.807) is 31.2 Å². The van der Waals surface area contributed by atoms with Crippen molar-refractivity contribution in [2.45, 2.75) is 13.0 Å². The van der Waals surface area contributed by atoms with E-state index in [-0.39, 0.29) is 17.9 Å². The van der Waals surface area contributed by atoms with Gasteiger partial charge < -0.3 is 10.4 Å². The summed E-state index contributed by atoms with van der Waals surface area (Å²) in [6.45, 7) is 1.84. The average Bonchev–Trinajstić information content (AvgIpc) is 2.38. The number of nitrogens with one attached hydrogen (secondary N) is 1. The number of halogens is 2. The van der Waals surface area contributed by atoms with E-state index in [2.05, 4.69) is 5.32 Å². The molecule has 0 bridgehead atoms. The smallest absolute Gasteiger partial charge is 0.146 e. The SMILES string of the molecule is Cc1ccc(NCC(O)c2ccccc2F)c(F)c1. The highest BCUT2D eigenvalue weighted by molar-refractivity contribution is 5.46. The molecule has 0 aliphatic heterocycles. The molecule has 1 unspecified atom stereocenters. The fourth-order valence-corrected chi connectivity index (χ4v) is 1.83. The van der Waals surface area contributed by atoms with Gasteiger partial charge in [-0.1, -0.05) is 24.3 Å². The lowest BCUT2D eigenvalue weighted by Crippen LogP contribution is -2.14. The van der Waals surface area contributed by atoms with Crippen molar-refractivity contribution in [3.63, 3.8) is 0 Å². The van der Waals surface area contributed by atoms with Crippen molar-refractivity contribution >= 4 is 5.69 Å². The maximum absolute atomic E-state index is 13.6. The van der Waals surface area contributed by atoms with E-state index in [1.165, 1.54) is 18.2 Å². The zero-order valence-electron chi connectivity index (χ0n) is 10.5. The first-order chi connectivity index (χ1) is 9.08. The number of aliphatic hydroxyl groups excluding tert-OH is 1. The van der Waals surface area contributed by atoms with E-state index in [4.69, 9.17) is 0 Å². The van der Waals surface area contributed by atoms with Crippen molar-refractivity contribution in [1.29, 1.82) is 0 Å². The van der Waals surface area contributed by atoms with E-state index in [9.17, 15) is 13.9 Å². The molecule has 0 aromatic heterocycles. The lowest BCUT2D eigenvalue weighted by atomic mass is 10.1. The third-order valence-corrected chi connectivity index (χ3v) is 2.87. The van der Waals surface area contributed by atoms with Crippen molar-refractivity contribution in [2.24, 2.45) is 0 Å². The molecular formula is C15H15F2NO. The van der Waals surface area contributed by atoms with Gasteiger partial charge in [0.2, 0.25) is 0 Å². The molecule has 2 rings (SSSR count). The van der Waals surface area contributed by atoms with Crippen LogP contribution in [0.1, 0.15) is 17.2 Å². The molecule has 2 aromatic rings. The van der Waals surface area contributed by atoms with Crippen LogP contribution >= 0.6 is 0 Å². The fraction of sp³-hybridized carbons (Fsp3) is 0.200. The van der Waals surface area contributed by atoms with Crippen LogP contribution in [0, 0.1) is 18.6 Å². The molecular weight excluding hydrogens is 248 g/mol. The van der Waals surface area contributed by atoms with Crippen LogP contribution in [0.5, 0.6) is 0 Å². The molecule has 0 saturated heterocycles. The van der Waals surface area contributed by atoms with Gasteiger partial charge >= 0.3 is 0 Å². The van der Waals surface area contributed by atoms with Crippen LogP contribution in [-0.4, -0.2) is 11.7 Å². The minimum Gasteiger partial charge on any atom is -0.386 e. The maximum atomic E-state index is 13.6. The molecule has 100 valence electrons. The van der Waals surface area contributed by atoms with Gasteiger partial charge in [-0.2, -0.15) is 0 Å². The zero-order chi connectivity index (χ0) is 13.8. The Bertz CT molecular complexity index is 572. The summed E-state index contributed by atoms with van der Waals surface area (Å²) in [5.74, 6) is -0.859. The molecule has 0 heterocycles. The fourth-order valence-electron chi connectivity index (χ4n) is 1.83. The van der Waals surface area contributed by atoms with Crippen LogP contribution in [0.2, 0.25) is 0 Å². The lowest BCUT2D eigenvalue weighted by Gasteiger charge is -2.14. The van der Waals surface area contributed by atoms with Crippen molar-refractivity contribution in [3.05, 3.63) is 65.2 Å². The molecule has 19 heavy (non-hydrogen) atoms. The molecule has 0 aliphatic rings. The monoisotopic (exact) mass is 263 g/mol. The number of rotatable bonds is 4. The number of hydrogen-bond donors (Lipinski definition) is 2. The molecule has 1 atom stereocenters. The number of benzene rings is 2. The number of hydrogen-bond acceptors (Lipinski definition) is 2. The summed E-state index contributed by atoms with van der Waals surface area (Å²) in [7, 11) is 0. The first kappa shape index (κ1) is 13.5. The molecule has 0 amide bonds. The van der Waals surface area contributed by atoms with Gasteiger partial charge in [0.15, 0.2) is 0 Å². The summed E-state index contributed by atoms with van der Waals surface area (Å²) in [6.07, 6.45) is -1.03. The minimum atomic E-state index is -1.03. The highest BCUT2D eigenvalue weighted by atomic mass is 19.1. The van der Waals surface area contributed by atoms with E-state index in [0.717, 1.165) is 5.56 Å². The molecule has 2 aromatic carbocycles. The largest absolute Gasteiger partial charge is 0.386 e. The van der Waals surface area contributed by atoms with Crippen LogP contribution in [0.3, 0.4) is 0 Å². The molecule has 4 heteroatoms. The van der Waals surface area contributed by atoms with Crippen LogP contribution in [-0.2, 0) is 0 Å². The number of anilines is 1. The summed E-state index contributed by atoms with van der Waals surface area (Å²) >= 11 is 0. The van der Waals surface area contributed by atoms with Crippen molar-refractivity contribution < 1.29 is 13.9 Å². The summed E-state index contributed by atoms with van der Waals surface area (Å²) in [4.78, 5) is 0. The number of aryl methyl sites for hydroxylation is 1. The second kappa shape index (κ2) is 5.80. The Kier molecular flexibility index (Phi) is 4.12. The van der Waals surface area contributed by atoms with Gasteiger partial charge in [0, 0.05) is 12.1 Å². The van der Waals surface area contributed by atoms with E-state index in [0.29, 0.717) is 5.69 Å². The minimum absolute atomic E-state index is 0.0426. The summed E-state index contributed by atoms with van der Waals surface area (Å²) < 4.78 is 27.0. The quantitative estimate of drug-likeness (QED) is 0.886. The van der Waals surface area contributed by atoms with E-state index >= 15 is 0 Å². The van der Waals surface area contributed by atoms with Gasteiger partial charge in [-0.15, -0.1) is 0 Å². The Morgan fingerprint density at radius 1 is 1.11 bits per heavy atom. The summed E-state index contributed by atoms with van der Waals surface area (Å²) in [5, 5.41) is 12.7. The van der Waals surface area contributed by atoms with Crippen molar-refractivity contribution in [3.8, 4) is 0 Å².